The quantitative estimate of drug-likeness (QED) is 0.216. The first-order chi connectivity index (χ1) is 16.5. The van der Waals surface area contributed by atoms with Crippen LogP contribution in [-0.2, 0) is 25.6 Å². The lowest BCUT2D eigenvalue weighted by Crippen LogP contribution is -2.26. The van der Waals surface area contributed by atoms with E-state index in [-0.39, 0.29) is 43.4 Å². The molecule has 1 rings (SSSR count). The van der Waals surface area contributed by atoms with Gasteiger partial charge < -0.3 is 25.2 Å². The van der Waals surface area contributed by atoms with Crippen LogP contribution in [0.4, 0.5) is 0 Å². The molecule has 0 saturated heterocycles. The molecule has 0 heterocycles. The lowest BCUT2D eigenvalue weighted by Gasteiger charge is -2.29. The fourth-order valence-electron chi connectivity index (χ4n) is 4.63. The van der Waals surface area contributed by atoms with Crippen molar-refractivity contribution in [3.8, 4) is 5.75 Å². The van der Waals surface area contributed by atoms with Gasteiger partial charge in [0.2, 0.25) is 0 Å². The van der Waals surface area contributed by atoms with Crippen LogP contribution in [0, 0.1) is 23.7 Å². The molecule has 0 aliphatic rings. The maximum atomic E-state index is 11.6. The smallest absolute Gasteiger partial charge is 0.303 e. The summed E-state index contributed by atoms with van der Waals surface area (Å²) in [5.74, 6) is -4.86. The van der Waals surface area contributed by atoms with Crippen LogP contribution in [0.5, 0.6) is 5.75 Å². The van der Waals surface area contributed by atoms with Gasteiger partial charge in [-0.25, -0.2) is 0 Å². The van der Waals surface area contributed by atoms with Gasteiger partial charge in [-0.05, 0) is 74.0 Å². The molecule has 9 heteroatoms. The summed E-state index contributed by atoms with van der Waals surface area (Å²) in [6.07, 6.45) is 1.62. The van der Waals surface area contributed by atoms with Gasteiger partial charge in [-0.3, -0.25) is 19.2 Å². The summed E-state index contributed by atoms with van der Waals surface area (Å²) in [6, 6.07) is 7.29. The maximum absolute atomic E-state index is 11.6. The predicted octanol–water partition coefficient (Wildman–Crippen LogP) is 4.57. The number of aliphatic carboxylic acids is 4. The largest absolute Gasteiger partial charge is 0.494 e. The van der Waals surface area contributed by atoms with Gasteiger partial charge in [-0.1, -0.05) is 25.5 Å². The zero-order chi connectivity index (χ0) is 26.4. The van der Waals surface area contributed by atoms with Crippen LogP contribution in [-0.4, -0.2) is 50.9 Å². The van der Waals surface area contributed by atoms with Crippen molar-refractivity contribution in [1.82, 2.24) is 0 Å². The summed E-state index contributed by atoms with van der Waals surface area (Å²) in [5.41, 5.74) is 0.880. The summed E-state index contributed by atoms with van der Waals surface area (Å²) >= 11 is 0. The zero-order valence-corrected chi connectivity index (χ0v) is 20.5. The van der Waals surface area contributed by atoms with Crippen LogP contribution < -0.4 is 4.74 Å². The lowest BCUT2D eigenvalue weighted by atomic mass is 9.75. The van der Waals surface area contributed by atoms with Crippen molar-refractivity contribution in [2.75, 3.05) is 6.61 Å². The van der Waals surface area contributed by atoms with E-state index >= 15 is 0 Å². The molecule has 0 aliphatic heterocycles. The van der Waals surface area contributed by atoms with E-state index < -0.39 is 29.8 Å². The van der Waals surface area contributed by atoms with Gasteiger partial charge in [0.25, 0.3) is 0 Å². The van der Waals surface area contributed by atoms with Gasteiger partial charge in [-0.2, -0.15) is 0 Å². The Bertz CT molecular complexity index is 803. The Kier molecular flexibility index (Phi) is 13.5. The van der Waals surface area contributed by atoms with Crippen molar-refractivity contribution in [2.24, 2.45) is 23.7 Å². The number of hydrogen-bond donors (Lipinski definition) is 4. The van der Waals surface area contributed by atoms with E-state index in [1.54, 1.807) is 12.1 Å². The minimum atomic E-state index is -1.10. The number of carbonyl (C=O) groups is 4. The predicted molar refractivity (Wildman–Crippen MR) is 128 cm³/mol. The molecule has 0 fully saturated rings. The van der Waals surface area contributed by atoms with E-state index in [4.69, 9.17) is 9.84 Å². The molecule has 0 bridgehead atoms. The number of hydrogen-bond acceptors (Lipinski definition) is 5. The third kappa shape index (κ3) is 12.8. The number of ether oxygens (including phenoxy) is 1. The average Bonchev–Trinajstić information content (AvgIpc) is 2.75. The summed E-state index contributed by atoms with van der Waals surface area (Å²) in [7, 11) is 0. The van der Waals surface area contributed by atoms with Gasteiger partial charge in [0.05, 0.1) is 6.61 Å². The summed E-state index contributed by atoms with van der Waals surface area (Å²) in [5, 5.41) is 37.4. The fraction of sp³-hybridized carbons (Fsp3) is 0.615. The Morgan fingerprint density at radius 1 is 0.714 bits per heavy atom. The Morgan fingerprint density at radius 3 is 1.66 bits per heavy atom. The second kappa shape index (κ2) is 15.7. The Hall–Kier alpha value is -3.10. The maximum Gasteiger partial charge on any atom is 0.303 e. The number of carboxylic acid groups (broad SMARTS) is 4. The monoisotopic (exact) mass is 494 g/mol. The molecule has 4 N–H and O–H groups in total. The molecule has 196 valence electrons. The SMILES string of the molecule is CCOc1ccc(CC(CC(CCC(CC)CC(=O)O)CC(=O)O)C(CC(=O)O)CC(=O)O)cc1. The molecule has 3 atom stereocenters. The number of carboxylic acids is 4. The van der Waals surface area contributed by atoms with E-state index in [9.17, 15) is 34.5 Å². The standard InChI is InChI=1S/C26H38O9/c1-3-17(13-23(27)28)5-6-19(14-24(29)30)12-20(21(15-25(31)32)16-26(33)34)11-18-7-9-22(10-8-18)35-4-2/h7-10,17,19-21H,3-6,11-16H2,1-2H3,(H,27,28)(H,29,30)(H,31,32)(H,33,34). The van der Waals surface area contributed by atoms with Crippen LogP contribution >= 0.6 is 0 Å². The van der Waals surface area contributed by atoms with Gasteiger partial charge >= 0.3 is 23.9 Å². The van der Waals surface area contributed by atoms with E-state index in [2.05, 4.69) is 0 Å². The van der Waals surface area contributed by atoms with Crippen molar-refractivity contribution in [3.63, 3.8) is 0 Å². The molecular formula is C26H38O9. The molecule has 3 unspecified atom stereocenters. The second-order valence-corrected chi connectivity index (χ2v) is 9.15. The van der Waals surface area contributed by atoms with Crippen molar-refractivity contribution in [2.45, 2.75) is 71.6 Å². The topological polar surface area (TPSA) is 158 Å². The minimum Gasteiger partial charge on any atom is -0.494 e. The third-order valence-corrected chi connectivity index (χ3v) is 6.40. The fourth-order valence-corrected chi connectivity index (χ4v) is 4.63. The Balaban J connectivity index is 3.16. The third-order valence-electron chi connectivity index (χ3n) is 6.40. The molecule has 1 aromatic carbocycles. The highest BCUT2D eigenvalue weighted by molar-refractivity contribution is 5.71. The van der Waals surface area contributed by atoms with Crippen LogP contribution in [0.3, 0.4) is 0 Å². The van der Waals surface area contributed by atoms with Crippen LogP contribution in [0.2, 0.25) is 0 Å². The summed E-state index contributed by atoms with van der Waals surface area (Å²) in [6.45, 7) is 4.28. The highest BCUT2D eigenvalue weighted by atomic mass is 16.5. The molecule has 35 heavy (non-hydrogen) atoms. The molecule has 0 saturated carbocycles. The molecule has 1 aromatic rings. The lowest BCUT2D eigenvalue weighted by molar-refractivity contribution is -0.143. The van der Waals surface area contributed by atoms with Gasteiger partial charge in [0.1, 0.15) is 5.75 Å². The Labute approximate surface area is 206 Å². The molecule has 0 aliphatic carbocycles. The summed E-state index contributed by atoms with van der Waals surface area (Å²) in [4.78, 5) is 45.7. The number of rotatable bonds is 19. The molecule has 0 spiro atoms. The molecular weight excluding hydrogens is 456 g/mol. The van der Waals surface area contributed by atoms with Gasteiger partial charge in [0.15, 0.2) is 0 Å². The average molecular weight is 495 g/mol. The molecule has 9 nitrogen and oxygen atoms in total. The highest BCUT2D eigenvalue weighted by Gasteiger charge is 2.30. The van der Waals surface area contributed by atoms with E-state index in [1.165, 1.54) is 0 Å². The van der Waals surface area contributed by atoms with Gasteiger partial charge in [0, 0.05) is 25.7 Å². The summed E-state index contributed by atoms with van der Waals surface area (Å²) < 4.78 is 5.46. The first kappa shape index (κ1) is 29.9. The highest BCUT2D eigenvalue weighted by Crippen LogP contribution is 2.34. The molecule has 0 amide bonds. The first-order valence-corrected chi connectivity index (χ1v) is 12.1. The normalized spacial score (nSPS) is 13.7. The van der Waals surface area contributed by atoms with E-state index in [0.29, 0.717) is 44.5 Å². The van der Waals surface area contributed by atoms with Crippen LogP contribution in [0.25, 0.3) is 0 Å². The van der Waals surface area contributed by atoms with Crippen molar-refractivity contribution in [1.29, 1.82) is 0 Å². The molecule has 0 radical (unpaired) electrons. The first-order valence-electron chi connectivity index (χ1n) is 12.1. The Morgan fingerprint density at radius 2 is 1.20 bits per heavy atom. The molecule has 0 aromatic heterocycles. The van der Waals surface area contributed by atoms with Crippen molar-refractivity contribution in [3.05, 3.63) is 29.8 Å². The van der Waals surface area contributed by atoms with E-state index in [0.717, 1.165) is 5.56 Å². The van der Waals surface area contributed by atoms with Crippen LogP contribution in [0.15, 0.2) is 24.3 Å². The zero-order valence-electron chi connectivity index (χ0n) is 20.5. The van der Waals surface area contributed by atoms with Crippen molar-refractivity contribution >= 4 is 23.9 Å². The number of benzene rings is 1. The van der Waals surface area contributed by atoms with Crippen LogP contribution in [0.1, 0.15) is 70.8 Å². The second-order valence-electron chi connectivity index (χ2n) is 9.15. The van der Waals surface area contributed by atoms with E-state index in [1.807, 2.05) is 26.0 Å². The van der Waals surface area contributed by atoms with Crippen molar-refractivity contribution < 1.29 is 44.3 Å². The van der Waals surface area contributed by atoms with Gasteiger partial charge in [-0.15, -0.1) is 0 Å². The minimum absolute atomic E-state index is 0.00650.